The van der Waals surface area contributed by atoms with E-state index in [9.17, 15) is 18.0 Å². The molecule has 1 atom stereocenters. The maximum atomic E-state index is 11.8. The second-order valence-electron chi connectivity index (χ2n) is 4.85. The van der Waals surface area contributed by atoms with Crippen molar-refractivity contribution in [3.8, 4) is 0 Å². The molecule has 1 aliphatic heterocycles. The summed E-state index contributed by atoms with van der Waals surface area (Å²) in [4.78, 5) is 22.6. The van der Waals surface area contributed by atoms with E-state index in [1.54, 1.807) is 12.1 Å². The third kappa shape index (κ3) is 3.80. The molecule has 6 nitrogen and oxygen atoms in total. The number of rotatable bonds is 4. The van der Waals surface area contributed by atoms with Gasteiger partial charge in [-0.25, -0.2) is 13.2 Å². The van der Waals surface area contributed by atoms with Gasteiger partial charge < -0.3 is 10.4 Å². The average molecular weight is 297 g/mol. The number of carbonyl (C=O) groups is 2. The Kier molecular flexibility index (Phi) is 4.08. The van der Waals surface area contributed by atoms with Crippen LogP contribution in [0.2, 0.25) is 0 Å². The minimum atomic E-state index is -3.02. The van der Waals surface area contributed by atoms with E-state index in [0.29, 0.717) is 12.0 Å². The number of amides is 1. The summed E-state index contributed by atoms with van der Waals surface area (Å²) >= 11 is 0. The van der Waals surface area contributed by atoms with Gasteiger partial charge in [-0.05, 0) is 24.1 Å². The van der Waals surface area contributed by atoms with Crippen LogP contribution in [-0.4, -0.2) is 42.9 Å². The average Bonchev–Trinajstić information content (AvgIpc) is 2.68. The third-order valence-corrected chi connectivity index (χ3v) is 4.90. The van der Waals surface area contributed by atoms with E-state index < -0.39 is 15.8 Å². The minimum Gasteiger partial charge on any atom is -0.478 e. The summed E-state index contributed by atoms with van der Waals surface area (Å²) < 4.78 is 22.6. The Balaban J connectivity index is 1.95. The van der Waals surface area contributed by atoms with Gasteiger partial charge in [-0.1, -0.05) is 12.1 Å². The van der Waals surface area contributed by atoms with Crippen LogP contribution in [0.4, 0.5) is 0 Å². The van der Waals surface area contributed by atoms with Gasteiger partial charge in [0.15, 0.2) is 9.84 Å². The maximum Gasteiger partial charge on any atom is 0.335 e. The highest BCUT2D eigenvalue weighted by molar-refractivity contribution is 7.91. The van der Waals surface area contributed by atoms with Gasteiger partial charge in [0.05, 0.1) is 23.5 Å². The van der Waals surface area contributed by atoms with Crippen molar-refractivity contribution < 1.29 is 23.1 Å². The van der Waals surface area contributed by atoms with Crippen LogP contribution in [0.15, 0.2) is 24.3 Å². The third-order valence-electron chi connectivity index (χ3n) is 3.14. The molecule has 1 aliphatic rings. The first kappa shape index (κ1) is 14.5. The number of carboxylic acid groups (broad SMARTS) is 1. The molecule has 7 heteroatoms. The van der Waals surface area contributed by atoms with Gasteiger partial charge in [0.1, 0.15) is 0 Å². The van der Waals surface area contributed by atoms with Crippen molar-refractivity contribution >= 4 is 21.7 Å². The summed E-state index contributed by atoms with van der Waals surface area (Å²) in [5.41, 5.74) is 0.710. The topological polar surface area (TPSA) is 101 Å². The normalized spacial score (nSPS) is 20.5. The monoisotopic (exact) mass is 297 g/mol. The molecule has 1 aromatic carbocycles. The lowest BCUT2D eigenvalue weighted by atomic mass is 10.1. The number of benzene rings is 1. The standard InChI is InChI=1S/C13H15NO5S/c15-12(14-11-4-5-20(18,19)8-11)7-9-2-1-3-10(6-9)13(16)17/h1-3,6,11H,4-5,7-8H2,(H,14,15)(H,16,17). The Hall–Kier alpha value is -1.89. The van der Waals surface area contributed by atoms with Crippen LogP contribution in [0.5, 0.6) is 0 Å². The molecule has 1 fully saturated rings. The Morgan fingerprint density at radius 3 is 2.70 bits per heavy atom. The van der Waals surface area contributed by atoms with E-state index >= 15 is 0 Å². The van der Waals surface area contributed by atoms with E-state index in [-0.39, 0.29) is 35.4 Å². The second-order valence-corrected chi connectivity index (χ2v) is 7.08. The summed E-state index contributed by atoms with van der Waals surface area (Å²) in [5, 5.41) is 11.5. The predicted molar refractivity (Wildman–Crippen MR) is 72.3 cm³/mol. The van der Waals surface area contributed by atoms with E-state index in [1.165, 1.54) is 12.1 Å². The van der Waals surface area contributed by atoms with E-state index in [1.807, 2.05) is 0 Å². The number of hydrogen-bond acceptors (Lipinski definition) is 4. The lowest BCUT2D eigenvalue weighted by molar-refractivity contribution is -0.121. The highest BCUT2D eigenvalue weighted by Gasteiger charge is 2.28. The van der Waals surface area contributed by atoms with Crippen molar-refractivity contribution in [2.45, 2.75) is 18.9 Å². The number of sulfone groups is 1. The fraction of sp³-hybridized carbons (Fsp3) is 0.385. The molecule has 0 radical (unpaired) electrons. The largest absolute Gasteiger partial charge is 0.478 e. The number of aromatic carboxylic acids is 1. The molecule has 1 unspecified atom stereocenters. The fourth-order valence-electron chi connectivity index (χ4n) is 2.19. The number of hydrogen-bond donors (Lipinski definition) is 2. The van der Waals surface area contributed by atoms with Gasteiger partial charge in [0, 0.05) is 6.04 Å². The highest BCUT2D eigenvalue weighted by atomic mass is 32.2. The molecule has 0 aliphatic carbocycles. The lowest BCUT2D eigenvalue weighted by Gasteiger charge is -2.10. The summed E-state index contributed by atoms with van der Waals surface area (Å²) in [7, 11) is -3.02. The van der Waals surface area contributed by atoms with Gasteiger partial charge in [0.25, 0.3) is 0 Å². The number of carbonyl (C=O) groups excluding carboxylic acids is 1. The number of carboxylic acids is 1. The van der Waals surface area contributed by atoms with Crippen LogP contribution in [0, 0.1) is 0 Å². The van der Waals surface area contributed by atoms with E-state index in [4.69, 9.17) is 5.11 Å². The number of nitrogens with one attached hydrogen (secondary N) is 1. The van der Waals surface area contributed by atoms with E-state index in [2.05, 4.69) is 5.32 Å². The first-order valence-electron chi connectivity index (χ1n) is 6.18. The molecule has 1 heterocycles. The molecular formula is C13H15NO5S. The van der Waals surface area contributed by atoms with Gasteiger partial charge >= 0.3 is 5.97 Å². The van der Waals surface area contributed by atoms with Gasteiger partial charge in [-0.15, -0.1) is 0 Å². The minimum absolute atomic E-state index is 0.0199. The first-order valence-corrected chi connectivity index (χ1v) is 8.00. The molecule has 1 aromatic rings. The molecule has 0 bridgehead atoms. The van der Waals surface area contributed by atoms with Crippen molar-refractivity contribution in [3.05, 3.63) is 35.4 Å². The molecule has 0 saturated carbocycles. The molecule has 1 amide bonds. The maximum absolute atomic E-state index is 11.8. The van der Waals surface area contributed by atoms with Crippen LogP contribution in [-0.2, 0) is 21.1 Å². The highest BCUT2D eigenvalue weighted by Crippen LogP contribution is 2.12. The molecule has 2 rings (SSSR count). The fourth-order valence-corrected chi connectivity index (χ4v) is 3.86. The van der Waals surface area contributed by atoms with Crippen LogP contribution in [0.1, 0.15) is 22.3 Å². The Bertz CT molecular complexity index is 638. The summed E-state index contributed by atoms with van der Waals surface area (Å²) in [5.74, 6) is -1.26. The molecule has 20 heavy (non-hydrogen) atoms. The van der Waals surface area contributed by atoms with Crippen molar-refractivity contribution in [1.82, 2.24) is 5.32 Å². The van der Waals surface area contributed by atoms with Gasteiger partial charge in [0.2, 0.25) is 5.91 Å². The molecule has 108 valence electrons. The van der Waals surface area contributed by atoms with Gasteiger partial charge in [-0.3, -0.25) is 4.79 Å². The zero-order valence-corrected chi connectivity index (χ0v) is 11.5. The SMILES string of the molecule is O=C(Cc1cccc(C(=O)O)c1)NC1CCS(=O)(=O)C1. The van der Waals surface area contributed by atoms with Crippen molar-refractivity contribution in [2.24, 2.45) is 0 Å². The smallest absolute Gasteiger partial charge is 0.335 e. The zero-order chi connectivity index (χ0) is 14.8. The van der Waals surface area contributed by atoms with Crippen LogP contribution in [0.25, 0.3) is 0 Å². The van der Waals surface area contributed by atoms with Crippen molar-refractivity contribution in [1.29, 1.82) is 0 Å². The van der Waals surface area contributed by atoms with Crippen molar-refractivity contribution in [3.63, 3.8) is 0 Å². The Morgan fingerprint density at radius 1 is 1.35 bits per heavy atom. The molecule has 0 aromatic heterocycles. The summed E-state index contributed by atoms with van der Waals surface area (Å²) in [6, 6.07) is 5.79. The predicted octanol–water partition coefficient (Wildman–Crippen LogP) is 0.231. The van der Waals surface area contributed by atoms with E-state index in [0.717, 1.165) is 0 Å². The van der Waals surface area contributed by atoms with Gasteiger partial charge in [-0.2, -0.15) is 0 Å². The molecule has 2 N–H and O–H groups in total. The molecule has 0 spiro atoms. The summed E-state index contributed by atoms with van der Waals surface area (Å²) in [6.45, 7) is 0. The van der Waals surface area contributed by atoms with Crippen LogP contribution >= 0.6 is 0 Å². The molecule has 1 saturated heterocycles. The summed E-state index contributed by atoms with van der Waals surface area (Å²) in [6.07, 6.45) is 0.473. The van der Waals surface area contributed by atoms with Crippen LogP contribution < -0.4 is 5.32 Å². The Labute approximate surface area is 116 Å². The molecular weight excluding hydrogens is 282 g/mol. The first-order chi connectivity index (χ1) is 9.35. The van der Waals surface area contributed by atoms with Crippen LogP contribution in [0.3, 0.4) is 0 Å². The lowest BCUT2D eigenvalue weighted by Crippen LogP contribution is -2.36. The second kappa shape index (κ2) is 5.62. The Morgan fingerprint density at radius 2 is 2.10 bits per heavy atom. The quantitative estimate of drug-likeness (QED) is 0.828. The van der Waals surface area contributed by atoms with Crippen molar-refractivity contribution in [2.75, 3.05) is 11.5 Å². The zero-order valence-electron chi connectivity index (χ0n) is 10.7.